The molecule has 0 heterocycles. The van der Waals surface area contributed by atoms with Gasteiger partial charge in [0.1, 0.15) is 5.91 Å². The summed E-state index contributed by atoms with van der Waals surface area (Å²) in [6.07, 6.45) is 0. The molecule has 0 aliphatic carbocycles. The van der Waals surface area contributed by atoms with Crippen LogP contribution in [0, 0.1) is 5.92 Å². The Morgan fingerprint density at radius 3 is 2.27 bits per heavy atom. The monoisotopic (exact) mass is 196 g/mol. The van der Waals surface area contributed by atoms with Crippen molar-refractivity contribution in [1.82, 2.24) is 0 Å². The highest BCUT2D eigenvalue weighted by molar-refractivity contribution is 6.36. The lowest BCUT2D eigenvalue weighted by Gasteiger charge is -2.14. The predicted octanol–water partition coefficient (Wildman–Crippen LogP) is 1.02. The van der Waals surface area contributed by atoms with E-state index in [0.29, 0.717) is 5.92 Å². The summed E-state index contributed by atoms with van der Waals surface area (Å²) in [5.74, 6) is 1.42. The van der Waals surface area contributed by atoms with E-state index in [0.717, 1.165) is 5.88 Å². The molecule has 0 rings (SSSR count). The fraction of sp³-hybridized carbons (Fsp3) is 1.00. The molecule has 0 aromatic rings. The Morgan fingerprint density at radius 2 is 1.91 bits per heavy atom. The lowest BCUT2D eigenvalue weighted by Crippen LogP contribution is -2.22. The maximum absolute atomic E-state index is 5.66. The first-order chi connectivity index (χ1) is 5.24. The molecule has 2 nitrogen and oxygen atoms in total. The van der Waals surface area contributed by atoms with Crippen molar-refractivity contribution in [3.8, 4) is 0 Å². The quantitative estimate of drug-likeness (QED) is 0.359. The molecule has 0 bridgehead atoms. The number of alkyl halides is 1. The molecule has 0 saturated heterocycles. The van der Waals surface area contributed by atoms with Gasteiger partial charge in [-0.05, 0) is 5.92 Å². The Bertz CT molecular complexity index is 88.5. The summed E-state index contributed by atoms with van der Waals surface area (Å²) < 4.78 is 10.2. The molecular weight excluding hydrogens is 180 g/mol. The normalized spacial score (nSPS) is 15.0. The molecule has 68 valence electrons. The van der Waals surface area contributed by atoms with E-state index >= 15 is 0 Å². The van der Waals surface area contributed by atoms with Crippen LogP contribution in [0.15, 0.2) is 0 Å². The van der Waals surface area contributed by atoms with Crippen molar-refractivity contribution in [2.75, 3.05) is 20.1 Å². The average molecular weight is 197 g/mol. The molecule has 0 aliphatic rings. The minimum absolute atomic E-state index is 0.0701. The molecule has 1 atom stereocenters. The first kappa shape index (κ1) is 11.4. The SMILES string of the molecule is COC(OC)[SiH2]C[C@@H](C)CCl. The lowest BCUT2D eigenvalue weighted by atomic mass is 10.3. The second kappa shape index (κ2) is 7.10. The van der Waals surface area contributed by atoms with Gasteiger partial charge in [0.25, 0.3) is 0 Å². The molecule has 0 radical (unpaired) electrons. The minimum Gasteiger partial charge on any atom is -0.360 e. The Balaban J connectivity index is 3.34. The standard InChI is InChI=1S/C7H17ClO2Si/c1-6(4-8)5-11-7(9-2)10-3/h6-7H,4-5,11H2,1-3H3/t6-/m0/s1. The predicted molar refractivity (Wildman–Crippen MR) is 51.0 cm³/mol. The molecule has 0 fully saturated rings. The molecule has 0 unspecified atom stereocenters. The molecule has 0 aromatic heterocycles. The second-order valence-corrected chi connectivity index (χ2v) is 4.87. The van der Waals surface area contributed by atoms with Gasteiger partial charge in [-0.25, -0.2) is 0 Å². The van der Waals surface area contributed by atoms with E-state index < -0.39 is 0 Å². The summed E-state index contributed by atoms with van der Waals surface area (Å²) in [7, 11) is 3.11. The van der Waals surface area contributed by atoms with Crippen molar-refractivity contribution >= 4 is 21.1 Å². The summed E-state index contributed by atoms with van der Waals surface area (Å²) >= 11 is 5.66. The van der Waals surface area contributed by atoms with Crippen LogP contribution in [-0.4, -0.2) is 35.5 Å². The van der Waals surface area contributed by atoms with Crippen LogP contribution < -0.4 is 0 Å². The van der Waals surface area contributed by atoms with Gasteiger partial charge < -0.3 is 9.47 Å². The van der Waals surface area contributed by atoms with E-state index in [1.165, 1.54) is 6.04 Å². The van der Waals surface area contributed by atoms with Gasteiger partial charge in [0.05, 0.1) is 9.52 Å². The van der Waals surface area contributed by atoms with E-state index in [1.807, 2.05) is 0 Å². The number of hydrogen-bond acceptors (Lipinski definition) is 2. The molecular formula is C7H17ClO2Si. The first-order valence-electron chi connectivity index (χ1n) is 3.86. The van der Waals surface area contributed by atoms with Crippen LogP contribution in [0.4, 0.5) is 0 Å². The van der Waals surface area contributed by atoms with E-state index in [-0.39, 0.29) is 15.4 Å². The van der Waals surface area contributed by atoms with Crippen LogP contribution in [0.2, 0.25) is 6.04 Å². The summed E-state index contributed by atoms with van der Waals surface area (Å²) in [6.45, 7) is 2.16. The number of ether oxygens (including phenoxy) is 2. The molecule has 4 heteroatoms. The fourth-order valence-corrected chi connectivity index (χ4v) is 2.76. The van der Waals surface area contributed by atoms with Crippen LogP contribution in [0.3, 0.4) is 0 Å². The van der Waals surface area contributed by atoms with Crippen LogP contribution in [0.1, 0.15) is 6.92 Å². The van der Waals surface area contributed by atoms with E-state index in [4.69, 9.17) is 21.1 Å². The maximum atomic E-state index is 5.66. The van der Waals surface area contributed by atoms with Crippen molar-refractivity contribution in [2.45, 2.75) is 18.9 Å². The maximum Gasteiger partial charge on any atom is 0.134 e. The topological polar surface area (TPSA) is 18.5 Å². The third-order valence-electron chi connectivity index (χ3n) is 1.68. The molecule has 0 spiro atoms. The van der Waals surface area contributed by atoms with Crippen molar-refractivity contribution in [2.24, 2.45) is 5.92 Å². The Labute approximate surface area is 76.0 Å². The molecule has 0 aromatic carbocycles. The molecule has 0 amide bonds. The van der Waals surface area contributed by atoms with Crippen molar-refractivity contribution in [1.29, 1.82) is 0 Å². The van der Waals surface area contributed by atoms with E-state index in [9.17, 15) is 0 Å². The Kier molecular flexibility index (Phi) is 7.37. The van der Waals surface area contributed by atoms with Gasteiger partial charge in [-0.2, -0.15) is 0 Å². The highest BCUT2D eigenvalue weighted by Gasteiger charge is 2.08. The van der Waals surface area contributed by atoms with Crippen molar-refractivity contribution < 1.29 is 9.47 Å². The summed E-state index contributed by atoms with van der Waals surface area (Å²) in [4.78, 5) is 0. The summed E-state index contributed by atoms with van der Waals surface area (Å²) in [5, 5.41) is 0. The zero-order valence-electron chi connectivity index (χ0n) is 7.47. The van der Waals surface area contributed by atoms with Crippen molar-refractivity contribution in [3.05, 3.63) is 0 Å². The molecule has 0 N–H and O–H groups in total. The van der Waals surface area contributed by atoms with Crippen LogP contribution in [0.5, 0.6) is 0 Å². The van der Waals surface area contributed by atoms with Gasteiger partial charge in [-0.15, -0.1) is 11.6 Å². The average Bonchev–Trinajstić information content (AvgIpc) is 2.06. The third-order valence-corrected chi connectivity index (χ3v) is 4.67. The molecule has 0 aliphatic heterocycles. The Morgan fingerprint density at radius 1 is 1.36 bits per heavy atom. The lowest BCUT2D eigenvalue weighted by molar-refractivity contribution is -0.0442. The largest absolute Gasteiger partial charge is 0.360 e. The number of methoxy groups -OCH3 is 2. The van der Waals surface area contributed by atoms with Gasteiger partial charge >= 0.3 is 0 Å². The van der Waals surface area contributed by atoms with Gasteiger partial charge in [0.15, 0.2) is 0 Å². The van der Waals surface area contributed by atoms with Gasteiger partial charge in [0, 0.05) is 20.1 Å². The fourth-order valence-electron chi connectivity index (χ4n) is 0.830. The van der Waals surface area contributed by atoms with Gasteiger partial charge in [-0.1, -0.05) is 13.0 Å². The number of halogens is 1. The highest BCUT2D eigenvalue weighted by atomic mass is 35.5. The van der Waals surface area contributed by atoms with Crippen LogP contribution >= 0.6 is 11.6 Å². The van der Waals surface area contributed by atoms with E-state index in [1.54, 1.807) is 14.2 Å². The minimum atomic E-state index is -0.262. The Hall–Kier alpha value is 0.427. The smallest absolute Gasteiger partial charge is 0.134 e. The van der Waals surface area contributed by atoms with Gasteiger partial charge in [-0.3, -0.25) is 0 Å². The third kappa shape index (κ3) is 5.67. The molecule has 11 heavy (non-hydrogen) atoms. The first-order valence-corrected chi connectivity index (χ1v) is 6.21. The molecule has 0 saturated carbocycles. The summed E-state index contributed by atoms with van der Waals surface area (Å²) in [6, 6.07) is 1.19. The van der Waals surface area contributed by atoms with Crippen LogP contribution in [0.25, 0.3) is 0 Å². The summed E-state index contributed by atoms with van der Waals surface area (Å²) in [5.41, 5.74) is 0. The van der Waals surface area contributed by atoms with Crippen molar-refractivity contribution in [3.63, 3.8) is 0 Å². The number of hydrogen-bond donors (Lipinski definition) is 0. The van der Waals surface area contributed by atoms with Gasteiger partial charge in [0.2, 0.25) is 0 Å². The number of rotatable bonds is 6. The van der Waals surface area contributed by atoms with Crippen LogP contribution in [-0.2, 0) is 9.47 Å². The highest BCUT2D eigenvalue weighted by Crippen LogP contribution is 2.05. The second-order valence-electron chi connectivity index (χ2n) is 2.74. The zero-order chi connectivity index (χ0) is 8.69. The van der Waals surface area contributed by atoms with E-state index in [2.05, 4.69) is 6.92 Å². The zero-order valence-corrected chi connectivity index (χ0v) is 9.64.